The summed E-state index contributed by atoms with van der Waals surface area (Å²) in [5.41, 5.74) is 5.42. The molecule has 0 aliphatic heterocycles. The quantitative estimate of drug-likeness (QED) is 0.888. The number of nitrogens with zero attached hydrogens (tertiary/aromatic N) is 2. The zero-order valence-electron chi connectivity index (χ0n) is 8.86. The maximum Gasteiger partial charge on any atom is 0.321 e. The predicted molar refractivity (Wildman–Crippen MR) is 66.1 cm³/mol. The molecule has 16 heavy (non-hydrogen) atoms. The molecule has 1 aromatic heterocycles. The van der Waals surface area contributed by atoms with E-state index in [1.807, 2.05) is 0 Å². The van der Waals surface area contributed by atoms with E-state index >= 15 is 0 Å². The molecular formula is C10H14ClN3OS. The molecule has 0 bridgehead atoms. The molecule has 1 aliphatic rings. The number of thiazole rings is 1. The van der Waals surface area contributed by atoms with Gasteiger partial charge in [-0.05, 0) is 12.8 Å². The highest BCUT2D eigenvalue weighted by atomic mass is 35.5. The first kappa shape index (κ1) is 11.7. The van der Waals surface area contributed by atoms with Gasteiger partial charge in [0, 0.05) is 6.04 Å². The standard InChI is InChI=1S/C10H14ClN3OS/c11-8-6-13-10(16-8)14(9(12)15)7-4-2-1-3-5-7/h6-7H,1-5H2,(H2,12,15). The lowest BCUT2D eigenvalue weighted by Crippen LogP contribution is -2.44. The second-order valence-corrected chi connectivity index (χ2v) is 5.59. The van der Waals surface area contributed by atoms with Gasteiger partial charge in [-0.2, -0.15) is 0 Å². The number of halogens is 1. The highest BCUT2D eigenvalue weighted by Gasteiger charge is 2.27. The Morgan fingerprint density at radius 2 is 2.19 bits per heavy atom. The molecule has 0 spiro atoms. The van der Waals surface area contributed by atoms with Gasteiger partial charge in [0.05, 0.1) is 6.20 Å². The third-order valence-corrected chi connectivity index (χ3v) is 3.96. The summed E-state index contributed by atoms with van der Waals surface area (Å²) >= 11 is 7.12. The van der Waals surface area contributed by atoms with E-state index in [1.165, 1.54) is 17.8 Å². The second kappa shape index (κ2) is 5.01. The van der Waals surface area contributed by atoms with Crippen LogP contribution in [0.1, 0.15) is 32.1 Å². The fourth-order valence-corrected chi connectivity index (χ4v) is 3.11. The zero-order valence-corrected chi connectivity index (χ0v) is 10.4. The van der Waals surface area contributed by atoms with Gasteiger partial charge in [0.25, 0.3) is 0 Å². The summed E-state index contributed by atoms with van der Waals surface area (Å²) in [6.45, 7) is 0. The van der Waals surface area contributed by atoms with Gasteiger partial charge in [0.2, 0.25) is 0 Å². The van der Waals surface area contributed by atoms with E-state index in [2.05, 4.69) is 4.98 Å². The average molecular weight is 260 g/mol. The van der Waals surface area contributed by atoms with Crippen molar-refractivity contribution >= 4 is 34.1 Å². The Balaban J connectivity index is 2.19. The summed E-state index contributed by atoms with van der Waals surface area (Å²) in [4.78, 5) is 17.2. The molecule has 88 valence electrons. The van der Waals surface area contributed by atoms with E-state index in [0.29, 0.717) is 9.47 Å². The minimum absolute atomic E-state index is 0.188. The van der Waals surface area contributed by atoms with Crippen molar-refractivity contribution in [3.8, 4) is 0 Å². The van der Waals surface area contributed by atoms with Crippen LogP contribution in [0, 0.1) is 0 Å². The van der Waals surface area contributed by atoms with Crippen molar-refractivity contribution in [3.05, 3.63) is 10.5 Å². The van der Waals surface area contributed by atoms with Crippen molar-refractivity contribution < 1.29 is 4.79 Å². The lowest BCUT2D eigenvalue weighted by Gasteiger charge is -2.30. The first-order valence-electron chi connectivity index (χ1n) is 5.38. The van der Waals surface area contributed by atoms with E-state index in [-0.39, 0.29) is 6.04 Å². The normalized spacial score (nSPS) is 17.3. The predicted octanol–water partition coefficient (Wildman–Crippen LogP) is 3.01. The van der Waals surface area contributed by atoms with Crippen LogP contribution in [0.25, 0.3) is 0 Å². The molecule has 2 rings (SSSR count). The van der Waals surface area contributed by atoms with Crippen molar-refractivity contribution in [1.29, 1.82) is 0 Å². The Labute approximate surface area is 103 Å². The largest absolute Gasteiger partial charge is 0.351 e. The Bertz CT molecular complexity index is 376. The first-order chi connectivity index (χ1) is 7.68. The van der Waals surface area contributed by atoms with Crippen LogP contribution in [0.3, 0.4) is 0 Å². The molecule has 1 aromatic rings. The summed E-state index contributed by atoms with van der Waals surface area (Å²) < 4.78 is 0.581. The smallest absolute Gasteiger partial charge is 0.321 e. The minimum atomic E-state index is -0.432. The number of rotatable bonds is 2. The number of urea groups is 1. The van der Waals surface area contributed by atoms with Gasteiger partial charge in [-0.15, -0.1) is 0 Å². The fraction of sp³-hybridized carbons (Fsp3) is 0.600. The number of hydrogen-bond donors (Lipinski definition) is 1. The molecule has 1 fully saturated rings. The summed E-state index contributed by atoms with van der Waals surface area (Å²) in [7, 11) is 0. The third kappa shape index (κ3) is 2.47. The lowest BCUT2D eigenvalue weighted by atomic mass is 9.95. The van der Waals surface area contributed by atoms with Crippen molar-refractivity contribution in [2.45, 2.75) is 38.1 Å². The zero-order chi connectivity index (χ0) is 11.5. The van der Waals surface area contributed by atoms with Crippen molar-refractivity contribution in [2.75, 3.05) is 4.90 Å². The maximum absolute atomic E-state index is 11.5. The number of primary amides is 1. The Hall–Kier alpha value is -0.810. The number of carbonyl (C=O) groups is 1. The highest BCUT2D eigenvalue weighted by Crippen LogP contribution is 2.31. The molecule has 0 saturated heterocycles. The van der Waals surface area contributed by atoms with Crippen molar-refractivity contribution in [3.63, 3.8) is 0 Å². The molecule has 0 unspecified atom stereocenters. The van der Waals surface area contributed by atoms with E-state index in [1.54, 1.807) is 11.1 Å². The number of amides is 2. The van der Waals surface area contributed by atoms with Gasteiger partial charge >= 0.3 is 6.03 Å². The van der Waals surface area contributed by atoms with Crippen LogP contribution in [0.2, 0.25) is 4.34 Å². The van der Waals surface area contributed by atoms with Crippen molar-refractivity contribution in [1.82, 2.24) is 4.98 Å². The number of nitrogens with two attached hydrogens (primary N) is 1. The average Bonchev–Trinajstić information content (AvgIpc) is 2.66. The summed E-state index contributed by atoms with van der Waals surface area (Å²) in [5, 5.41) is 0.615. The van der Waals surface area contributed by atoms with Gasteiger partial charge in [-0.1, -0.05) is 42.2 Å². The SMILES string of the molecule is NC(=O)N(c1ncc(Cl)s1)C1CCCCC1. The fourth-order valence-electron chi connectivity index (χ4n) is 2.13. The van der Waals surface area contributed by atoms with Crippen LogP contribution in [-0.2, 0) is 0 Å². The molecule has 6 heteroatoms. The Kier molecular flexibility index (Phi) is 3.66. The molecule has 0 atom stereocenters. The summed E-state index contributed by atoms with van der Waals surface area (Å²) in [5.74, 6) is 0. The number of anilines is 1. The number of carbonyl (C=O) groups excluding carboxylic acids is 1. The minimum Gasteiger partial charge on any atom is -0.351 e. The summed E-state index contributed by atoms with van der Waals surface area (Å²) in [6.07, 6.45) is 7.09. The van der Waals surface area contributed by atoms with Crippen LogP contribution < -0.4 is 10.6 Å². The molecule has 2 N–H and O–H groups in total. The van der Waals surface area contributed by atoms with E-state index < -0.39 is 6.03 Å². The van der Waals surface area contributed by atoms with E-state index in [4.69, 9.17) is 17.3 Å². The Morgan fingerprint density at radius 1 is 1.50 bits per heavy atom. The Morgan fingerprint density at radius 3 is 2.69 bits per heavy atom. The highest BCUT2D eigenvalue weighted by molar-refractivity contribution is 7.19. The molecule has 0 aromatic carbocycles. The van der Waals surface area contributed by atoms with E-state index in [0.717, 1.165) is 25.7 Å². The molecule has 4 nitrogen and oxygen atoms in total. The molecule has 1 saturated carbocycles. The first-order valence-corrected chi connectivity index (χ1v) is 6.58. The van der Waals surface area contributed by atoms with E-state index in [9.17, 15) is 4.79 Å². The lowest BCUT2D eigenvalue weighted by molar-refractivity contribution is 0.249. The van der Waals surface area contributed by atoms with Gasteiger partial charge < -0.3 is 5.73 Å². The van der Waals surface area contributed by atoms with Gasteiger partial charge in [0.1, 0.15) is 4.34 Å². The molecular weight excluding hydrogens is 246 g/mol. The molecule has 2 amide bonds. The van der Waals surface area contributed by atoms with Crippen molar-refractivity contribution in [2.24, 2.45) is 5.73 Å². The topological polar surface area (TPSA) is 59.2 Å². The van der Waals surface area contributed by atoms with Crippen LogP contribution >= 0.6 is 22.9 Å². The van der Waals surface area contributed by atoms with Crippen LogP contribution in [0.15, 0.2) is 6.20 Å². The summed E-state index contributed by atoms with van der Waals surface area (Å²) in [6, 6.07) is -0.244. The van der Waals surface area contributed by atoms with Crippen LogP contribution in [0.5, 0.6) is 0 Å². The maximum atomic E-state index is 11.5. The van der Waals surface area contributed by atoms with Crippen LogP contribution in [0.4, 0.5) is 9.93 Å². The monoisotopic (exact) mass is 259 g/mol. The van der Waals surface area contributed by atoms with Crippen LogP contribution in [-0.4, -0.2) is 17.1 Å². The van der Waals surface area contributed by atoms with Gasteiger partial charge in [-0.3, -0.25) is 4.90 Å². The molecule has 1 heterocycles. The molecule has 1 aliphatic carbocycles. The second-order valence-electron chi connectivity index (χ2n) is 3.95. The molecule has 0 radical (unpaired) electrons. The third-order valence-electron chi connectivity index (χ3n) is 2.85. The number of hydrogen-bond acceptors (Lipinski definition) is 3. The van der Waals surface area contributed by atoms with Gasteiger partial charge in [0.15, 0.2) is 5.13 Å². The number of aromatic nitrogens is 1. The van der Waals surface area contributed by atoms with Gasteiger partial charge in [-0.25, -0.2) is 9.78 Å².